The van der Waals surface area contributed by atoms with Gasteiger partial charge in [-0.25, -0.2) is 19.6 Å². The Labute approximate surface area is 147 Å². The topological polar surface area (TPSA) is 76.7 Å². The quantitative estimate of drug-likeness (QED) is 0.748. The second-order valence-corrected chi connectivity index (χ2v) is 6.01. The molecule has 0 unspecified atom stereocenters. The van der Waals surface area contributed by atoms with Crippen molar-refractivity contribution in [3.05, 3.63) is 48.0 Å². The minimum atomic E-state index is -0.449. The van der Waals surface area contributed by atoms with E-state index in [4.69, 9.17) is 0 Å². The molecule has 6 heteroatoms. The Morgan fingerprint density at radius 3 is 2.52 bits per heavy atom. The van der Waals surface area contributed by atoms with Gasteiger partial charge in [0, 0.05) is 18.2 Å². The van der Waals surface area contributed by atoms with Gasteiger partial charge in [0.2, 0.25) is 0 Å². The molecule has 0 saturated heterocycles. The van der Waals surface area contributed by atoms with Crippen LogP contribution < -0.4 is 0 Å². The van der Waals surface area contributed by atoms with Gasteiger partial charge < -0.3 is 5.11 Å². The van der Waals surface area contributed by atoms with Gasteiger partial charge in [0.05, 0.1) is 23.9 Å². The second kappa shape index (κ2) is 7.53. The molecule has 2 aromatic heterocycles. The summed E-state index contributed by atoms with van der Waals surface area (Å²) in [6.45, 7) is 6.33. The molecule has 0 fully saturated rings. The molecule has 0 radical (unpaired) electrons. The van der Waals surface area contributed by atoms with Crippen molar-refractivity contribution in [2.45, 2.75) is 46.3 Å². The molecule has 0 amide bonds. The first kappa shape index (κ1) is 17.2. The van der Waals surface area contributed by atoms with E-state index in [-0.39, 0.29) is 0 Å². The summed E-state index contributed by atoms with van der Waals surface area (Å²) in [7, 11) is 0. The zero-order valence-corrected chi connectivity index (χ0v) is 14.8. The van der Waals surface area contributed by atoms with Crippen LogP contribution in [0.3, 0.4) is 0 Å². The summed E-state index contributed by atoms with van der Waals surface area (Å²) in [5.74, 6) is 2.16. The number of benzene rings is 1. The van der Waals surface area contributed by atoms with Gasteiger partial charge in [-0.2, -0.15) is 5.10 Å². The number of hydrogen-bond donors (Lipinski definition) is 1. The van der Waals surface area contributed by atoms with E-state index in [1.807, 2.05) is 51.1 Å². The van der Waals surface area contributed by atoms with Crippen molar-refractivity contribution in [3.63, 3.8) is 0 Å². The molecule has 0 aliphatic carbocycles. The third-order valence-corrected chi connectivity index (χ3v) is 4.14. The number of aliphatic hydroxyl groups is 1. The first-order valence-corrected chi connectivity index (χ1v) is 8.63. The van der Waals surface area contributed by atoms with E-state index < -0.39 is 6.10 Å². The fourth-order valence-corrected chi connectivity index (χ4v) is 2.61. The highest BCUT2D eigenvalue weighted by Crippen LogP contribution is 2.23. The molecule has 0 spiro atoms. The fraction of sp³-hybridized carbons (Fsp3) is 0.368. The molecule has 0 saturated carbocycles. The van der Waals surface area contributed by atoms with Gasteiger partial charge in [-0.05, 0) is 13.3 Å². The summed E-state index contributed by atoms with van der Waals surface area (Å²) in [5.41, 5.74) is 2.67. The first-order chi connectivity index (χ1) is 12.1. The van der Waals surface area contributed by atoms with Crippen LogP contribution >= 0.6 is 0 Å². The molecular weight excluding hydrogens is 314 g/mol. The Hall–Kier alpha value is -2.60. The molecule has 2 heterocycles. The van der Waals surface area contributed by atoms with Crippen LogP contribution in [0.1, 0.15) is 31.8 Å². The smallest absolute Gasteiger partial charge is 0.161 e. The SMILES string of the molecule is CCc1nc(-c2cnc(-c3ccccc3)nc2C)n(C[C@H](O)CC)n1. The van der Waals surface area contributed by atoms with Crippen molar-refractivity contribution < 1.29 is 5.11 Å². The molecule has 1 aromatic carbocycles. The van der Waals surface area contributed by atoms with Crippen molar-refractivity contribution in [1.29, 1.82) is 0 Å². The van der Waals surface area contributed by atoms with Crippen LogP contribution in [0.2, 0.25) is 0 Å². The van der Waals surface area contributed by atoms with E-state index in [2.05, 4.69) is 20.1 Å². The van der Waals surface area contributed by atoms with Gasteiger partial charge in [-0.3, -0.25) is 0 Å². The summed E-state index contributed by atoms with van der Waals surface area (Å²) < 4.78 is 1.76. The van der Waals surface area contributed by atoms with Crippen molar-refractivity contribution >= 4 is 0 Å². The lowest BCUT2D eigenvalue weighted by Gasteiger charge is -2.11. The third-order valence-electron chi connectivity index (χ3n) is 4.14. The van der Waals surface area contributed by atoms with Gasteiger partial charge >= 0.3 is 0 Å². The Balaban J connectivity index is 2.00. The van der Waals surface area contributed by atoms with E-state index in [1.54, 1.807) is 10.9 Å². The molecule has 0 bridgehead atoms. The lowest BCUT2D eigenvalue weighted by molar-refractivity contribution is 0.145. The van der Waals surface area contributed by atoms with Crippen LogP contribution in [0.5, 0.6) is 0 Å². The van der Waals surface area contributed by atoms with E-state index in [0.717, 1.165) is 29.1 Å². The predicted molar refractivity (Wildman–Crippen MR) is 96.9 cm³/mol. The summed E-state index contributed by atoms with van der Waals surface area (Å²) >= 11 is 0. The predicted octanol–water partition coefficient (Wildman–Crippen LogP) is 3.04. The van der Waals surface area contributed by atoms with Gasteiger partial charge in [-0.15, -0.1) is 0 Å². The Kier molecular flexibility index (Phi) is 5.19. The van der Waals surface area contributed by atoms with E-state index in [1.165, 1.54) is 0 Å². The monoisotopic (exact) mass is 337 g/mol. The summed E-state index contributed by atoms with van der Waals surface area (Å²) in [6.07, 6.45) is 2.76. The van der Waals surface area contributed by atoms with Crippen LogP contribution in [0, 0.1) is 6.92 Å². The maximum atomic E-state index is 10.0. The average molecular weight is 337 g/mol. The lowest BCUT2D eigenvalue weighted by Crippen LogP contribution is -2.17. The highest BCUT2D eigenvalue weighted by Gasteiger charge is 2.17. The first-order valence-electron chi connectivity index (χ1n) is 8.63. The molecule has 3 aromatic rings. The molecule has 1 N–H and O–H groups in total. The lowest BCUT2D eigenvalue weighted by atomic mass is 10.2. The number of nitrogens with zero attached hydrogens (tertiary/aromatic N) is 5. The number of rotatable bonds is 6. The molecule has 25 heavy (non-hydrogen) atoms. The largest absolute Gasteiger partial charge is 0.391 e. The van der Waals surface area contributed by atoms with E-state index in [9.17, 15) is 5.11 Å². The van der Waals surface area contributed by atoms with E-state index in [0.29, 0.717) is 24.6 Å². The molecule has 130 valence electrons. The minimum absolute atomic E-state index is 0.415. The van der Waals surface area contributed by atoms with Gasteiger partial charge in [0.25, 0.3) is 0 Å². The molecule has 1 atom stereocenters. The second-order valence-electron chi connectivity index (χ2n) is 6.01. The number of aryl methyl sites for hydroxylation is 2. The average Bonchev–Trinajstić information content (AvgIpc) is 3.04. The summed E-state index contributed by atoms with van der Waals surface area (Å²) in [5, 5.41) is 14.5. The normalized spacial score (nSPS) is 12.3. The highest BCUT2D eigenvalue weighted by atomic mass is 16.3. The van der Waals surface area contributed by atoms with Crippen LogP contribution in [-0.4, -0.2) is 35.9 Å². The third kappa shape index (κ3) is 3.74. The Morgan fingerprint density at radius 2 is 1.88 bits per heavy atom. The highest BCUT2D eigenvalue weighted by molar-refractivity contribution is 5.61. The number of hydrogen-bond acceptors (Lipinski definition) is 5. The molecule has 3 rings (SSSR count). The van der Waals surface area contributed by atoms with E-state index >= 15 is 0 Å². The Bertz CT molecular complexity index is 844. The molecule has 0 aliphatic heterocycles. The molecule has 6 nitrogen and oxygen atoms in total. The summed E-state index contributed by atoms with van der Waals surface area (Å²) in [6, 6.07) is 9.89. The van der Waals surface area contributed by atoms with Crippen molar-refractivity contribution in [1.82, 2.24) is 24.7 Å². The van der Waals surface area contributed by atoms with Gasteiger partial charge in [0.15, 0.2) is 17.5 Å². The number of aromatic nitrogens is 5. The van der Waals surface area contributed by atoms with Crippen molar-refractivity contribution in [2.24, 2.45) is 0 Å². The fourth-order valence-electron chi connectivity index (χ4n) is 2.61. The van der Waals surface area contributed by atoms with Crippen LogP contribution in [0.4, 0.5) is 0 Å². The zero-order chi connectivity index (χ0) is 17.8. The molecule has 0 aliphatic rings. The van der Waals surface area contributed by atoms with Crippen molar-refractivity contribution in [2.75, 3.05) is 0 Å². The van der Waals surface area contributed by atoms with Crippen molar-refractivity contribution in [3.8, 4) is 22.8 Å². The van der Waals surface area contributed by atoms with Crippen LogP contribution in [0.25, 0.3) is 22.8 Å². The zero-order valence-electron chi connectivity index (χ0n) is 14.8. The van der Waals surface area contributed by atoms with Gasteiger partial charge in [-0.1, -0.05) is 44.2 Å². The minimum Gasteiger partial charge on any atom is -0.391 e. The maximum Gasteiger partial charge on any atom is 0.161 e. The number of aliphatic hydroxyl groups excluding tert-OH is 1. The molecular formula is C19H23N5O. The van der Waals surface area contributed by atoms with Gasteiger partial charge in [0.1, 0.15) is 0 Å². The summed E-state index contributed by atoms with van der Waals surface area (Å²) in [4.78, 5) is 13.8. The standard InChI is InChI=1S/C19H23N5O/c1-4-15(25)12-24-19(22-17(5-2)23-24)16-11-20-18(21-13(16)3)14-9-7-6-8-10-14/h6-11,15,25H,4-5,12H2,1-3H3/t15-/m1/s1. The maximum absolute atomic E-state index is 10.0. The Morgan fingerprint density at radius 1 is 1.12 bits per heavy atom. The van der Waals surface area contributed by atoms with Crippen LogP contribution in [-0.2, 0) is 13.0 Å². The van der Waals surface area contributed by atoms with Crippen LogP contribution in [0.15, 0.2) is 36.5 Å².